The van der Waals surface area contributed by atoms with Gasteiger partial charge in [0.15, 0.2) is 0 Å². The van der Waals surface area contributed by atoms with Crippen LogP contribution in [0, 0.1) is 0 Å². The van der Waals surface area contributed by atoms with Gasteiger partial charge in [0.2, 0.25) is 0 Å². The molecule has 40 heavy (non-hydrogen) atoms. The van der Waals surface area contributed by atoms with E-state index in [9.17, 15) is 15.0 Å². The van der Waals surface area contributed by atoms with Crippen LogP contribution in [0.5, 0.6) is 0 Å². The van der Waals surface area contributed by atoms with Crippen LogP contribution in [0.25, 0.3) is 0 Å². The molecule has 2 aliphatic rings. The second-order valence-electron chi connectivity index (χ2n) is 12.8. The second-order valence-corrected chi connectivity index (χ2v) is 12.8. The van der Waals surface area contributed by atoms with Crippen LogP contribution in [0.15, 0.2) is 11.6 Å². The van der Waals surface area contributed by atoms with E-state index in [4.69, 9.17) is 9.47 Å². The van der Waals surface area contributed by atoms with Crippen molar-refractivity contribution in [2.75, 3.05) is 0 Å². The summed E-state index contributed by atoms with van der Waals surface area (Å²) < 4.78 is 11.2. The number of hydrogen-bond acceptors (Lipinski definition) is 5. The SMILES string of the molecule is CCCCCCCCCCCCCCCCCC[C@H](O)[C@H]1CC[C@H]([C@H](O)CCCCCCC2=C[C@H](C)OC2=O)O1. The van der Waals surface area contributed by atoms with Crippen LogP contribution in [0.4, 0.5) is 0 Å². The minimum atomic E-state index is -0.443. The summed E-state index contributed by atoms with van der Waals surface area (Å²) >= 11 is 0. The Bertz CT molecular complexity index is 662. The highest BCUT2D eigenvalue weighted by molar-refractivity contribution is 5.90. The number of cyclic esters (lactones) is 1. The zero-order chi connectivity index (χ0) is 28.8. The molecule has 0 unspecified atom stereocenters. The normalized spacial score (nSPS) is 22.4. The van der Waals surface area contributed by atoms with Crippen molar-refractivity contribution >= 4 is 5.97 Å². The van der Waals surface area contributed by atoms with E-state index in [1.165, 1.54) is 96.3 Å². The third-order valence-electron chi connectivity index (χ3n) is 8.98. The van der Waals surface area contributed by atoms with Crippen LogP contribution in [-0.2, 0) is 14.3 Å². The van der Waals surface area contributed by atoms with Crippen molar-refractivity contribution in [3.63, 3.8) is 0 Å². The van der Waals surface area contributed by atoms with Crippen molar-refractivity contribution < 1.29 is 24.5 Å². The molecule has 0 aromatic rings. The van der Waals surface area contributed by atoms with Gasteiger partial charge in [-0.25, -0.2) is 4.79 Å². The van der Waals surface area contributed by atoms with E-state index in [1.807, 2.05) is 13.0 Å². The molecule has 0 radical (unpaired) electrons. The molecule has 0 saturated carbocycles. The molecule has 1 fully saturated rings. The van der Waals surface area contributed by atoms with E-state index in [0.29, 0.717) is 0 Å². The number of aliphatic hydroxyl groups excluding tert-OH is 2. The fourth-order valence-corrected chi connectivity index (χ4v) is 6.37. The first kappa shape index (κ1) is 35.3. The molecule has 1 saturated heterocycles. The summed E-state index contributed by atoms with van der Waals surface area (Å²) in [5.74, 6) is -0.159. The maximum atomic E-state index is 11.6. The lowest BCUT2D eigenvalue weighted by atomic mass is 10.00. The molecule has 2 rings (SSSR count). The Morgan fingerprint density at radius 3 is 1.48 bits per heavy atom. The van der Waals surface area contributed by atoms with Gasteiger partial charge in [-0.3, -0.25) is 0 Å². The molecule has 234 valence electrons. The Kier molecular flexibility index (Phi) is 20.0. The molecule has 0 aromatic heterocycles. The highest BCUT2D eigenvalue weighted by Gasteiger charge is 2.34. The zero-order valence-electron chi connectivity index (χ0n) is 26.3. The topological polar surface area (TPSA) is 76.0 Å². The van der Waals surface area contributed by atoms with Crippen LogP contribution in [0.1, 0.15) is 174 Å². The molecule has 2 heterocycles. The molecule has 5 atom stereocenters. The van der Waals surface area contributed by atoms with Crippen molar-refractivity contribution in [3.05, 3.63) is 11.6 Å². The zero-order valence-corrected chi connectivity index (χ0v) is 26.3. The first-order valence-electron chi connectivity index (χ1n) is 17.4. The van der Waals surface area contributed by atoms with E-state index >= 15 is 0 Å². The summed E-state index contributed by atoms with van der Waals surface area (Å²) in [5, 5.41) is 21.2. The Morgan fingerprint density at radius 2 is 1.07 bits per heavy atom. The van der Waals surface area contributed by atoms with E-state index in [-0.39, 0.29) is 24.3 Å². The monoisotopic (exact) mass is 564 g/mol. The van der Waals surface area contributed by atoms with E-state index in [1.54, 1.807) is 0 Å². The molecule has 0 spiro atoms. The summed E-state index contributed by atoms with van der Waals surface area (Å²) in [6.45, 7) is 4.17. The van der Waals surface area contributed by atoms with Crippen LogP contribution in [0.2, 0.25) is 0 Å². The smallest absolute Gasteiger partial charge is 0.334 e. The molecule has 0 aliphatic carbocycles. The number of hydrogen-bond donors (Lipinski definition) is 2. The van der Waals surface area contributed by atoms with Crippen LogP contribution < -0.4 is 0 Å². The van der Waals surface area contributed by atoms with E-state index < -0.39 is 12.2 Å². The first-order valence-corrected chi connectivity index (χ1v) is 17.4. The fourth-order valence-electron chi connectivity index (χ4n) is 6.37. The largest absolute Gasteiger partial charge is 0.455 e. The van der Waals surface area contributed by atoms with Gasteiger partial charge in [0.05, 0.1) is 24.4 Å². The first-order chi connectivity index (χ1) is 19.5. The fraction of sp³-hybridized carbons (Fsp3) is 0.914. The van der Waals surface area contributed by atoms with Gasteiger partial charge >= 0.3 is 5.97 Å². The number of carbonyl (C=O) groups is 1. The van der Waals surface area contributed by atoms with Gasteiger partial charge in [-0.05, 0) is 51.5 Å². The van der Waals surface area contributed by atoms with Crippen LogP contribution in [-0.4, -0.2) is 46.7 Å². The maximum absolute atomic E-state index is 11.6. The Morgan fingerprint density at radius 1 is 0.675 bits per heavy atom. The molecule has 2 aliphatic heterocycles. The molecule has 2 N–H and O–H groups in total. The second kappa shape index (κ2) is 22.7. The highest BCUT2D eigenvalue weighted by atomic mass is 16.5. The third-order valence-corrected chi connectivity index (χ3v) is 8.98. The van der Waals surface area contributed by atoms with Crippen molar-refractivity contribution in [3.8, 4) is 0 Å². The molecular weight excluding hydrogens is 500 g/mol. The minimum Gasteiger partial charge on any atom is -0.455 e. The van der Waals surface area contributed by atoms with Crippen molar-refractivity contribution in [1.29, 1.82) is 0 Å². The number of ether oxygens (including phenoxy) is 2. The summed E-state index contributed by atoms with van der Waals surface area (Å²) in [5.41, 5.74) is 0.816. The minimum absolute atomic E-state index is 0.0830. The van der Waals surface area contributed by atoms with Gasteiger partial charge in [0.1, 0.15) is 6.10 Å². The molecular formula is C35H64O5. The van der Waals surface area contributed by atoms with Gasteiger partial charge in [0, 0.05) is 5.57 Å². The number of carbonyl (C=O) groups excluding carboxylic acids is 1. The Balaban J connectivity index is 1.35. The Hall–Kier alpha value is -0.910. The van der Waals surface area contributed by atoms with E-state index in [0.717, 1.165) is 69.8 Å². The Labute approximate surface area is 246 Å². The van der Waals surface area contributed by atoms with Gasteiger partial charge in [-0.15, -0.1) is 0 Å². The summed E-state index contributed by atoms with van der Waals surface area (Å²) in [6, 6.07) is 0. The number of unbranched alkanes of at least 4 members (excludes halogenated alkanes) is 18. The molecule has 5 heteroatoms. The average Bonchev–Trinajstić information content (AvgIpc) is 3.56. The molecule has 5 nitrogen and oxygen atoms in total. The van der Waals surface area contributed by atoms with Crippen LogP contribution >= 0.6 is 0 Å². The number of esters is 1. The number of rotatable bonds is 26. The van der Waals surface area contributed by atoms with Crippen molar-refractivity contribution in [2.24, 2.45) is 0 Å². The summed E-state index contributed by atoms with van der Waals surface area (Å²) in [6.07, 6.45) is 30.6. The van der Waals surface area contributed by atoms with Gasteiger partial charge in [-0.1, -0.05) is 129 Å². The molecule has 0 amide bonds. The quantitative estimate of drug-likeness (QED) is 0.0809. The van der Waals surface area contributed by atoms with Crippen LogP contribution in [0.3, 0.4) is 0 Å². The highest BCUT2D eigenvalue weighted by Crippen LogP contribution is 2.28. The lowest BCUT2D eigenvalue weighted by Gasteiger charge is -2.22. The number of aliphatic hydroxyl groups is 2. The maximum Gasteiger partial charge on any atom is 0.334 e. The molecule has 0 bridgehead atoms. The summed E-state index contributed by atoms with van der Waals surface area (Å²) in [4.78, 5) is 11.6. The van der Waals surface area contributed by atoms with E-state index in [2.05, 4.69) is 6.92 Å². The standard InChI is InChI=1S/C35H64O5/c1-3-4-5-6-7-8-9-10-11-12-13-14-15-16-17-21-24-31(36)33-26-27-34(40-33)32(37)25-22-19-18-20-23-30-28-29(2)39-35(30)38/h28-29,31-34,36-37H,3-27H2,1-2H3/t29-,31-,32+,33+,34+/m0/s1. The van der Waals surface area contributed by atoms with Gasteiger partial charge in [-0.2, -0.15) is 0 Å². The lowest BCUT2D eigenvalue weighted by Crippen LogP contribution is -2.31. The summed E-state index contributed by atoms with van der Waals surface area (Å²) in [7, 11) is 0. The predicted molar refractivity (Wildman–Crippen MR) is 165 cm³/mol. The lowest BCUT2D eigenvalue weighted by molar-refractivity contribution is -0.139. The van der Waals surface area contributed by atoms with Crippen molar-refractivity contribution in [2.45, 2.75) is 205 Å². The predicted octanol–water partition coefficient (Wildman–Crippen LogP) is 9.12. The average molecular weight is 565 g/mol. The van der Waals surface area contributed by atoms with Crippen molar-refractivity contribution in [1.82, 2.24) is 0 Å². The van der Waals surface area contributed by atoms with Gasteiger partial charge in [0.25, 0.3) is 0 Å². The molecule has 0 aromatic carbocycles. The third kappa shape index (κ3) is 15.9. The van der Waals surface area contributed by atoms with Gasteiger partial charge < -0.3 is 19.7 Å².